The lowest BCUT2D eigenvalue weighted by Crippen LogP contribution is -2.36. The Morgan fingerprint density at radius 3 is 2.72 bits per heavy atom. The monoisotopic (exact) mass is 248 g/mol. The van der Waals surface area contributed by atoms with Gasteiger partial charge in [0, 0.05) is 13.0 Å². The molecule has 2 rings (SSSR count). The van der Waals surface area contributed by atoms with Crippen LogP contribution in [0.3, 0.4) is 0 Å². The molecule has 2 atom stereocenters. The van der Waals surface area contributed by atoms with Gasteiger partial charge in [0.05, 0.1) is 18.6 Å². The highest BCUT2D eigenvalue weighted by atomic mass is 16.3. The molecule has 1 saturated heterocycles. The van der Waals surface area contributed by atoms with Gasteiger partial charge < -0.3 is 15.7 Å². The van der Waals surface area contributed by atoms with Crippen molar-refractivity contribution >= 4 is 11.8 Å². The maximum Gasteiger partial charge on any atom is 0.225 e. The second-order valence-electron chi connectivity index (χ2n) is 4.36. The largest absolute Gasteiger partial charge is 0.394 e. The summed E-state index contributed by atoms with van der Waals surface area (Å²) in [5.74, 6) is -0.637. The summed E-state index contributed by atoms with van der Waals surface area (Å²) in [5, 5.41) is 14.7. The van der Waals surface area contributed by atoms with E-state index in [-0.39, 0.29) is 30.8 Å². The Bertz CT molecular complexity index is 433. The second-order valence-corrected chi connectivity index (χ2v) is 4.36. The Labute approximate surface area is 105 Å². The average Bonchev–Trinajstić information content (AvgIpc) is 2.83. The lowest BCUT2D eigenvalue weighted by atomic mass is 10.0. The lowest BCUT2D eigenvalue weighted by Gasteiger charge is -2.18. The normalized spacial score (nSPS) is 20.3. The number of aliphatic hydroxyl groups is 1. The molecular formula is C13H16N2O3. The molecule has 0 aromatic heterocycles. The van der Waals surface area contributed by atoms with Gasteiger partial charge in [0.1, 0.15) is 0 Å². The van der Waals surface area contributed by atoms with Crippen LogP contribution in [-0.4, -0.2) is 30.1 Å². The highest BCUT2D eigenvalue weighted by Gasteiger charge is 2.29. The molecule has 2 amide bonds. The van der Waals surface area contributed by atoms with Crippen molar-refractivity contribution < 1.29 is 14.7 Å². The minimum atomic E-state index is -0.422. The minimum Gasteiger partial charge on any atom is -0.394 e. The van der Waals surface area contributed by atoms with E-state index < -0.39 is 6.04 Å². The highest BCUT2D eigenvalue weighted by Crippen LogP contribution is 2.15. The van der Waals surface area contributed by atoms with Crippen molar-refractivity contribution in [3.05, 3.63) is 35.9 Å². The van der Waals surface area contributed by atoms with Crippen molar-refractivity contribution in [2.45, 2.75) is 12.5 Å². The fraction of sp³-hybridized carbons (Fsp3) is 0.385. The van der Waals surface area contributed by atoms with Gasteiger partial charge in [-0.25, -0.2) is 0 Å². The summed E-state index contributed by atoms with van der Waals surface area (Å²) < 4.78 is 0. The van der Waals surface area contributed by atoms with Gasteiger partial charge in [-0.1, -0.05) is 30.3 Å². The van der Waals surface area contributed by atoms with E-state index in [9.17, 15) is 14.7 Å². The zero-order chi connectivity index (χ0) is 13.0. The Morgan fingerprint density at radius 2 is 2.17 bits per heavy atom. The molecule has 1 aromatic carbocycles. The number of aliphatic hydroxyl groups excluding tert-OH is 1. The maximum atomic E-state index is 11.9. The Balaban J connectivity index is 1.98. The van der Waals surface area contributed by atoms with E-state index in [1.165, 1.54) is 0 Å². The van der Waals surface area contributed by atoms with Crippen LogP contribution in [0.25, 0.3) is 0 Å². The van der Waals surface area contributed by atoms with Crippen LogP contribution in [0.1, 0.15) is 18.0 Å². The van der Waals surface area contributed by atoms with Gasteiger partial charge in [-0.05, 0) is 5.56 Å². The molecule has 1 aliphatic heterocycles. The first-order chi connectivity index (χ1) is 8.70. The highest BCUT2D eigenvalue weighted by molar-refractivity contribution is 5.89. The molecule has 0 aliphatic carbocycles. The molecule has 18 heavy (non-hydrogen) atoms. The topological polar surface area (TPSA) is 78.4 Å². The summed E-state index contributed by atoms with van der Waals surface area (Å²) in [5.41, 5.74) is 0.852. The zero-order valence-corrected chi connectivity index (χ0v) is 9.93. The molecule has 96 valence electrons. The summed E-state index contributed by atoms with van der Waals surface area (Å²) >= 11 is 0. The first-order valence-corrected chi connectivity index (χ1v) is 5.93. The van der Waals surface area contributed by atoms with E-state index in [1.807, 2.05) is 30.3 Å². The third-order valence-electron chi connectivity index (χ3n) is 3.05. The van der Waals surface area contributed by atoms with Crippen molar-refractivity contribution in [3.63, 3.8) is 0 Å². The van der Waals surface area contributed by atoms with Gasteiger partial charge >= 0.3 is 0 Å². The number of carbonyl (C=O) groups is 2. The van der Waals surface area contributed by atoms with Crippen molar-refractivity contribution in [2.75, 3.05) is 13.2 Å². The summed E-state index contributed by atoms with van der Waals surface area (Å²) in [4.78, 5) is 23.0. The molecule has 1 aliphatic rings. The molecule has 0 spiro atoms. The van der Waals surface area contributed by atoms with Gasteiger partial charge in [0.15, 0.2) is 0 Å². The van der Waals surface area contributed by atoms with Crippen LogP contribution in [0.4, 0.5) is 0 Å². The summed E-state index contributed by atoms with van der Waals surface area (Å²) in [6, 6.07) is 8.85. The Kier molecular flexibility index (Phi) is 3.94. The third-order valence-corrected chi connectivity index (χ3v) is 3.05. The number of hydrogen-bond donors (Lipinski definition) is 3. The van der Waals surface area contributed by atoms with Gasteiger partial charge in [0.25, 0.3) is 0 Å². The first kappa shape index (κ1) is 12.6. The van der Waals surface area contributed by atoms with E-state index in [2.05, 4.69) is 10.6 Å². The molecule has 0 bridgehead atoms. The van der Waals surface area contributed by atoms with Crippen LogP contribution in [0.5, 0.6) is 0 Å². The predicted octanol–water partition coefficient (Wildman–Crippen LogP) is -0.0277. The number of nitrogens with one attached hydrogen (secondary N) is 2. The fourth-order valence-corrected chi connectivity index (χ4v) is 2.00. The van der Waals surface area contributed by atoms with Crippen molar-refractivity contribution in [3.8, 4) is 0 Å². The van der Waals surface area contributed by atoms with E-state index in [0.717, 1.165) is 5.56 Å². The van der Waals surface area contributed by atoms with E-state index in [0.29, 0.717) is 6.54 Å². The summed E-state index contributed by atoms with van der Waals surface area (Å²) in [6.07, 6.45) is 0.221. The SMILES string of the molecule is O=C1CC(C(=O)NC(CO)c2ccccc2)CN1. The molecule has 3 N–H and O–H groups in total. The molecule has 0 radical (unpaired) electrons. The minimum absolute atomic E-state index is 0.101. The van der Waals surface area contributed by atoms with Crippen LogP contribution in [0.15, 0.2) is 30.3 Å². The molecule has 5 heteroatoms. The fourth-order valence-electron chi connectivity index (χ4n) is 2.00. The third kappa shape index (κ3) is 2.87. The Morgan fingerprint density at radius 1 is 1.44 bits per heavy atom. The number of carbonyl (C=O) groups excluding carboxylic acids is 2. The maximum absolute atomic E-state index is 11.9. The molecule has 0 saturated carbocycles. The van der Waals surface area contributed by atoms with Gasteiger partial charge in [0.2, 0.25) is 11.8 Å². The number of benzene rings is 1. The van der Waals surface area contributed by atoms with Crippen LogP contribution in [0, 0.1) is 5.92 Å². The first-order valence-electron chi connectivity index (χ1n) is 5.93. The lowest BCUT2D eigenvalue weighted by molar-refractivity contribution is -0.127. The Hall–Kier alpha value is -1.88. The summed E-state index contributed by atoms with van der Waals surface area (Å²) in [6.45, 7) is 0.210. The second kappa shape index (κ2) is 5.64. The molecular weight excluding hydrogens is 232 g/mol. The molecule has 1 fully saturated rings. The molecule has 1 aromatic rings. The van der Waals surface area contributed by atoms with Crippen molar-refractivity contribution in [1.29, 1.82) is 0 Å². The zero-order valence-electron chi connectivity index (χ0n) is 9.93. The number of hydrogen-bond acceptors (Lipinski definition) is 3. The summed E-state index contributed by atoms with van der Waals surface area (Å²) in [7, 11) is 0. The van der Waals surface area contributed by atoms with Gasteiger partial charge in [-0.15, -0.1) is 0 Å². The van der Waals surface area contributed by atoms with Gasteiger partial charge in [-0.2, -0.15) is 0 Å². The molecule has 1 heterocycles. The van der Waals surface area contributed by atoms with Crippen LogP contribution in [0.2, 0.25) is 0 Å². The molecule has 2 unspecified atom stereocenters. The predicted molar refractivity (Wildman–Crippen MR) is 65.5 cm³/mol. The van der Waals surface area contributed by atoms with E-state index in [4.69, 9.17) is 0 Å². The quantitative estimate of drug-likeness (QED) is 0.700. The van der Waals surface area contributed by atoms with E-state index >= 15 is 0 Å². The van der Waals surface area contributed by atoms with E-state index in [1.54, 1.807) is 0 Å². The van der Waals surface area contributed by atoms with Crippen LogP contribution < -0.4 is 10.6 Å². The van der Waals surface area contributed by atoms with Gasteiger partial charge in [-0.3, -0.25) is 9.59 Å². The molecule has 5 nitrogen and oxygen atoms in total. The van der Waals surface area contributed by atoms with Crippen LogP contribution >= 0.6 is 0 Å². The smallest absolute Gasteiger partial charge is 0.225 e. The number of rotatable bonds is 4. The van der Waals surface area contributed by atoms with Crippen molar-refractivity contribution in [1.82, 2.24) is 10.6 Å². The number of amides is 2. The standard InChI is InChI=1S/C13H16N2O3/c16-8-11(9-4-2-1-3-5-9)15-13(18)10-6-12(17)14-7-10/h1-5,10-11,16H,6-8H2,(H,14,17)(H,15,18). The van der Waals surface area contributed by atoms with Crippen LogP contribution in [-0.2, 0) is 9.59 Å². The van der Waals surface area contributed by atoms with Crippen molar-refractivity contribution in [2.24, 2.45) is 5.92 Å². The average molecular weight is 248 g/mol.